The third kappa shape index (κ3) is 2.41. The summed E-state index contributed by atoms with van der Waals surface area (Å²) < 4.78 is 4.47. The first kappa shape index (κ1) is 9.96. The van der Waals surface area contributed by atoms with E-state index in [1.54, 1.807) is 0 Å². The molecule has 1 rings (SSSR count). The van der Waals surface area contributed by atoms with Gasteiger partial charge in [0.15, 0.2) is 0 Å². The van der Waals surface area contributed by atoms with Crippen LogP contribution in [0.5, 0.6) is 0 Å². The van der Waals surface area contributed by atoms with Crippen LogP contribution in [0.4, 0.5) is 0 Å². The average Bonchev–Trinajstić information content (AvgIpc) is 2.41. The smallest absolute Gasteiger partial charge is 0.317 e. The van der Waals surface area contributed by atoms with E-state index in [0.29, 0.717) is 0 Å². The molecule has 1 aliphatic rings. The van der Waals surface area contributed by atoms with E-state index in [2.05, 4.69) is 4.74 Å². The van der Waals surface area contributed by atoms with Crippen molar-refractivity contribution in [3.63, 3.8) is 0 Å². The quantitative estimate of drug-likeness (QED) is 0.379. The van der Waals surface area contributed by atoms with Crippen LogP contribution in [0.1, 0.15) is 26.7 Å². The molecule has 0 radical (unpaired) electrons. The first-order valence-corrected chi connectivity index (χ1v) is 4.50. The summed E-state index contributed by atoms with van der Waals surface area (Å²) in [5.41, 5.74) is 0. The molecule has 0 saturated carbocycles. The number of esters is 2. The van der Waals surface area contributed by atoms with Gasteiger partial charge < -0.3 is 4.74 Å². The molecule has 0 bridgehead atoms. The number of cyclic esters (lactones) is 2. The summed E-state index contributed by atoms with van der Waals surface area (Å²) in [6, 6.07) is 0. The predicted octanol–water partition coefficient (Wildman–Crippen LogP) is 1.68. The Kier molecular flexibility index (Phi) is 3.23. The van der Waals surface area contributed by atoms with Crippen molar-refractivity contribution in [3.05, 3.63) is 12.2 Å². The van der Waals surface area contributed by atoms with Crippen LogP contribution in [0.3, 0.4) is 0 Å². The zero-order chi connectivity index (χ0) is 9.84. The molecule has 2 unspecified atom stereocenters. The van der Waals surface area contributed by atoms with Crippen LogP contribution in [0, 0.1) is 11.8 Å². The number of carbonyl (C=O) groups excluding carboxylic acids is 2. The fraction of sp³-hybridized carbons (Fsp3) is 0.600. The van der Waals surface area contributed by atoms with E-state index in [1.807, 2.05) is 26.0 Å². The van der Waals surface area contributed by atoms with Crippen LogP contribution in [0.15, 0.2) is 12.2 Å². The van der Waals surface area contributed by atoms with Crippen LogP contribution < -0.4 is 0 Å². The minimum Gasteiger partial charge on any atom is -0.393 e. The van der Waals surface area contributed by atoms with Crippen molar-refractivity contribution >= 4 is 11.9 Å². The zero-order valence-electron chi connectivity index (χ0n) is 7.95. The Morgan fingerprint density at radius 2 is 2.31 bits per heavy atom. The minimum atomic E-state index is -0.387. The average molecular weight is 182 g/mol. The highest BCUT2D eigenvalue weighted by atomic mass is 16.6. The van der Waals surface area contributed by atoms with Crippen LogP contribution in [0.2, 0.25) is 0 Å². The summed E-state index contributed by atoms with van der Waals surface area (Å²) in [6.45, 7) is 3.90. The van der Waals surface area contributed by atoms with Gasteiger partial charge in [0.1, 0.15) is 0 Å². The van der Waals surface area contributed by atoms with Gasteiger partial charge in [0.05, 0.1) is 12.3 Å². The number of carbonyl (C=O) groups is 2. The molecule has 0 N–H and O–H groups in total. The first-order chi connectivity index (χ1) is 6.15. The molecule has 0 aromatic carbocycles. The summed E-state index contributed by atoms with van der Waals surface area (Å²) in [6.07, 6.45) is 5.01. The lowest BCUT2D eigenvalue weighted by atomic mass is 9.90. The monoisotopic (exact) mass is 182 g/mol. The normalized spacial score (nSPS) is 25.2. The molecule has 3 nitrogen and oxygen atoms in total. The summed E-state index contributed by atoms with van der Waals surface area (Å²) in [5, 5.41) is 0. The maximum Gasteiger partial charge on any atom is 0.317 e. The molecule has 0 amide bonds. The topological polar surface area (TPSA) is 43.4 Å². The van der Waals surface area contributed by atoms with Gasteiger partial charge in [-0.3, -0.25) is 9.59 Å². The number of rotatable bonds is 3. The molecule has 72 valence electrons. The van der Waals surface area contributed by atoms with E-state index in [9.17, 15) is 9.59 Å². The van der Waals surface area contributed by atoms with Crippen LogP contribution in [-0.2, 0) is 14.3 Å². The van der Waals surface area contributed by atoms with Gasteiger partial charge in [0.2, 0.25) is 0 Å². The Balaban J connectivity index is 2.51. The van der Waals surface area contributed by atoms with Crippen molar-refractivity contribution in [2.24, 2.45) is 11.8 Å². The molecule has 0 aromatic heterocycles. The fourth-order valence-corrected chi connectivity index (χ4v) is 1.44. The van der Waals surface area contributed by atoms with Gasteiger partial charge in [-0.1, -0.05) is 19.1 Å². The zero-order valence-corrected chi connectivity index (χ0v) is 7.95. The second-order valence-electron chi connectivity index (χ2n) is 3.39. The molecular formula is C10H14O3. The van der Waals surface area contributed by atoms with Crippen molar-refractivity contribution in [3.8, 4) is 0 Å². The molecular weight excluding hydrogens is 168 g/mol. The van der Waals surface area contributed by atoms with Gasteiger partial charge in [0, 0.05) is 0 Å². The van der Waals surface area contributed by atoms with Gasteiger partial charge in [-0.25, -0.2) is 0 Å². The SMILES string of the molecule is CC=CCC(C)C1CC(=O)OC1=O. The van der Waals surface area contributed by atoms with Gasteiger partial charge in [-0.2, -0.15) is 0 Å². The van der Waals surface area contributed by atoms with Crippen LogP contribution >= 0.6 is 0 Å². The molecule has 0 spiro atoms. The van der Waals surface area contributed by atoms with E-state index < -0.39 is 0 Å². The van der Waals surface area contributed by atoms with E-state index >= 15 is 0 Å². The standard InChI is InChI=1S/C10H14O3/c1-3-4-5-7(2)8-6-9(11)13-10(8)12/h3-4,7-8H,5-6H2,1-2H3. The molecule has 0 aliphatic carbocycles. The lowest BCUT2D eigenvalue weighted by molar-refractivity contribution is -0.153. The van der Waals surface area contributed by atoms with Crippen molar-refractivity contribution < 1.29 is 14.3 Å². The van der Waals surface area contributed by atoms with E-state index in [0.717, 1.165) is 6.42 Å². The number of hydrogen-bond acceptors (Lipinski definition) is 3. The highest BCUT2D eigenvalue weighted by molar-refractivity contribution is 5.94. The summed E-state index contributed by atoms with van der Waals surface area (Å²) in [4.78, 5) is 21.9. The van der Waals surface area contributed by atoms with Gasteiger partial charge in [0.25, 0.3) is 0 Å². The second kappa shape index (κ2) is 4.21. The molecule has 1 aliphatic heterocycles. The number of hydrogen-bond donors (Lipinski definition) is 0. The molecule has 1 saturated heterocycles. The summed E-state index contributed by atoms with van der Waals surface area (Å²) in [7, 11) is 0. The Bertz CT molecular complexity index is 243. The lowest BCUT2D eigenvalue weighted by Crippen LogP contribution is -2.16. The van der Waals surface area contributed by atoms with Gasteiger partial charge in [-0.15, -0.1) is 0 Å². The molecule has 0 aromatic rings. The molecule has 13 heavy (non-hydrogen) atoms. The molecule has 1 heterocycles. The van der Waals surface area contributed by atoms with Crippen LogP contribution in [0.25, 0.3) is 0 Å². The van der Waals surface area contributed by atoms with Crippen molar-refractivity contribution in [1.29, 1.82) is 0 Å². The molecule has 2 atom stereocenters. The number of allylic oxidation sites excluding steroid dienone is 2. The minimum absolute atomic E-state index is 0.190. The predicted molar refractivity (Wildman–Crippen MR) is 47.8 cm³/mol. The third-order valence-electron chi connectivity index (χ3n) is 2.33. The van der Waals surface area contributed by atoms with E-state index in [-0.39, 0.29) is 30.2 Å². The van der Waals surface area contributed by atoms with Gasteiger partial charge >= 0.3 is 11.9 Å². The first-order valence-electron chi connectivity index (χ1n) is 4.50. The Hall–Kier alpha value is -1.12. The van der Waals surface area contributed by atoms with Crippen molar-refractivity contribution in [2.75, 3.05) is 0 Å². The highest BCUT2D eigenvalue weighted by Gasteiger charge is 2.36. The van der Waals surface area contributed by atoms with Gasteiger partial charge in [-0.05, 0) is 19.3 Å². The van der Waals surface area contributed by atoms with E-state index in [1.165, 1.54) is 0 Å². The summed E-state index contributed by atoms with van der Waals surface area (Å²) >= 11 is 0. The summed E-state index contributed by atoms with van der Waals surface area (Å²) in [5.74, 6) is -0.789. The third-order valence-corrected chi connectivity index (χ3v) is 2.33. The highest BCUT2D eigenvalue weighted by Crippen LogP contribution is 2.26. The number of ether oxygens (including phenoxy) is 1. The Morgan fingerprint density at radius 1 is 1.62 bits per heavy atom. The molecule has 3 heteroatoms. The second-order valence-corrected chi connectivity index (χ2v) is 3.39. The fourth-order valence-electron chi connectivity index (χ4n) is 1.44. The Morgan fingerprint density at radius 3 is 2.77 bits per heavy atom. The van der Waals surface area contributed by atoms with Crippen molar-refractivity contribution in [1.82, 2.24) is 0 Å². The Labute approximate surface area is 77.8 Å². The lowest BCUT2D eigenvalue weighted by Gasteiger charge is -2.11. The van der Waals surface area contributed by atoms with Crippen LogP contribution in [-0.4, -0.2) is 11.9 Å². The largest absolute Gasteiger partial charge is 0.393 e. The maximum absolute atomic E-state index is 11.1. The molecule has 1 fully saturated rings. The van der Waals surface area contributed by atoms with Crippen molar-refractivity contribution in [2.45, 2.75) is 26.7 Å². The van der Waals surface area contributed by atoms with E-state index in [4.69, 9.17) is 0 Å². The maximum atomic E-state index is 11.1.